The van der Waals surface area contributed by atoms with Crippen LogP contribution in [0.5, 0.6) is 0 Å². The summed E-state index contributed by atoms with van der Waals surface area (Å²) in [4.78, 5) is 11.3. The Balaban J connectivity index is 1.99. The van der Waals surface area contributed by atoms with Gasteiger partial charge >= 0.3 is 0 Å². The Hall–Kier alpha value is -1.24. The number of piperidine rings is 1. The van der Waals surface area contributed by atoms with Gasteiger partial charge in [0.15, 0.2) is 0 Å². The van der Waals surface area contributed by atoms with Crippen LogP contribution < -0.4 is 10.6 Å². The monoisotopic (exact) mass is 350 g/mol. The SMILES string of the molecule is COC1CCN(c2ccnc3cc(Br)cnc23)C(CN)C1. The second kappa shape index (κ2) is 6.25. The average Bonchev–Trinajstić information content (AvgIpc) is 2.53. The third kappa shape index (κ3) is 2.88. The maximum atomic E-state index is 5.98. The lowest BCUT2D eigenvalue weighted by atomic mass is 9.98. The van der Waals surface area contributed by atoms with Crippen LogP contribution in [0, 0.1) is 0 Å². The van der Waals surface area contributed by atoms with Gasteiger partial charge in [0.2, 0.25) is 0 Å². The third-order valence-corrected chi connectivity index (χ3v) is 4.54. The maximum Gasteiger partial charge on any atom is 0.112 e. The van der Waals surface area contributed by atoms with E-state index in [0.29, 0.717) is 12.6 Å². The van der Waals surface area contributed by atoms with Gasteiger partial charge in [0.05, 0.1) is 17.3 Å². The molecule has 1 saturated heterocycles. The molecule has 2 N–H and O–H groups in total. The predicted molar refractivity (Wildman–Crippen MR) is 87.5 cm³/mol. The Morgan fingerprint density at radius 3 is 3.10 bits per heavy atom. The first-order valence-corrected chi connectivity index (χ1v) is 7.92. The molecule has 0 bridgehead atoms. The molecule has 112 valence electrons. The molecule has 2 atom stereocenters. The average molecular weight is 351 g/mol. The molecule has 0 aliphatic carbocycles. The Morgan fingerprint density at radius 1 is 1.48 bits per heavy atom. The van der Waals surface area contributed by atoms with Gasteiger partial charge in [-0.1, -0.05) is 0 Å². The van der Waals surface area contributed by atoms with Crippen molar-refractivity contribution >= 4 is 32.7 Å². The van der Waals surface area contributed by atoms with Gasteiger partial charge in [-0.3, -0.25) is 9.97 Å². The molecule has 2 aromatic rings. The summed E-state index contributed by atoms with van der Waals surface area (Å²) < 4.78 is 6.43. The Labute approximate surface area is 132 Å². The van der Waals surface area contributed by atoms with E-state index in [1.165, 1.54) is 0 Å². The summed E-state index contributed by atoms with van der Waals surface area (Å²) in [6.45, 7) is 1.54. The molecule has 2 aromatic heterocycles. The number of fused-ring (bicyclic) bond motifs is 1. The van der Waals surface area contributed by atoms with Crippen molar-refractivity contribution < 1.29 is 4.74 Å². The van der Waals surface area contributed by atoms with Crippen molar-refractivity contribution in [3.05, 3.63) is 29.0 Å². The van der Waals surface area contributed by atoms with E-state index in [1.807, 2.05) is 24.5 Å². The fourth-order valence-corrected chi connectivity index (χ4v) is 3.31. The minimum absolute atomic E-state index is 0.278. The molecule has 1 aliphatic rings. The molecule has 0 aromatic carbocycles. The molecule has 2 unspecified atom stereocenters. The van der Waals surface area contributed by atoms with E-state index in [-0.39, 0.29) is 6.04 Å². The number of methoxy groups -OCH3 is 1. The number of pyridine rings is 2. The number of anilines is 1. The summed E-state index contributed by atoms with van der Waals surface area (Å²) >= 11 is 3.44. The molecule has 3 rings (SSSR count). The minimum Gasteiger partial charge on any atom is -0.381 e. The van der Waals surface area contributed by atoms with Crippen LogP contribution in [0.2, 0.25) is 0 Å². The van der Waals surface area contributed by atoms with Gasteiger partial charge in [0.1, 0.15) is 5.52 Å². The summed E-state index contributed by atoms with van der Waals surface area (Å²) in [6, 6.07) is 4.30. The smallest absolute Gasteiger partial charge is 0.112 e. The van der Waals surface area contributed by atoms with E-state index in [1.54, 1.807) is 7.11 Å². The fraction of sp³-hybridized carbons (Fsp3) is 0.467. The van der Waals surface area contributed by atoms with Crippen molar-refractivity contribution in [1.82, 2.24) is 9.97 Å². The summed E-state index contributed by atoms with van der Waals surface area (Å²) in [5.74, 6) is 0. The van der Waals surface area contributed by atoms with Gasteiger partial charge in [-0.05, 0) is 40.9 Å². The van der Waals surface area contributed by atoms with E-state index >= 15 is 0 Å². The largest absolute Gasteiger partial charge is 0.381 e. The third-order valence-electron chi connectivity index (χ3n) is 4.11. The van der Waals surface area contributed by atoms with Crippen molar-refractivity contribution in [1.29, 1.82) is 0 Å². The van der Waals surface area contributed by atoms with Crippen molar-refractivity contribution in [2.75, 3.05) is 25.1 Å². The summed E-state index contributed by atoms with van der Waals surface area (Å²) in [6.07, 6.45) is 5.90. The van der Waals surface area contributed by atoms with Crippen LogP contribution in [0.3, 0.4) is 0 Å². The highest BCUT2D eigenvalue weighted by Crippen LogP contribution is 2.30. The molecule has 5 nitrogen and oxygen atoms in total. The standard InChI is InChI=1S/C15H19BrN4O/c1-21-12-3-5-20(11(7-12)8-17)14-2-4-18-13-6-10(16)9-19-15(13)14/h2,4,6,9,11-12H,3,5,7-8,17H2,1H3. The van der Waals surface area contributed by atoms with E-state index < -0.39 is 0 Å². The normalized spacial score (nSPS) is 22.7. The molecular formula is C15H19BrN4O. The number of hydrogen-bond donors (Lipinski definition) is 1. The molecule has 0 amide bonds. The molecule has 0 spiro atoms. The van der Waals surface area contributed by atoms with Crippen molar-refractivity contribution in [2.45, 2.75) is 25.0 Å². The molecule has 6 heteroatoms. The topological polar surface area (TPSA) is 64.3 Å². The highest BCUT2D eigenvalue weighted by atomic mass is 79.9. The molecule has 0 saturated carbocycles. The van der Waals surface area contributed by atoms with Crippen LogP contribution in [-0.2, 0) is 4.74 Å². The van der Waals surface area contributed by atoms with E-state index in [4.69, 9.17) is 10.5 Å². The highest BCUT2D eigenvalue weighted by molar-refractivity contribution is 9.10. The second-order valence-corrected chi connectivity index (χ2v) is 6.23. The zero-order chi connectivity index (χ0) is 14.8. The highest BCUT2D eigenvalue weighted by Gasteiger charge is 2.28. The molecule has 0 radical (unpaired) electrons. The maximum absolute atomic E-state index is 5.98. The van der Waals surface area contributed by atoms with E-state index in [0.717, 1.165) is 40.6 Å². The van der Waals surface area contributed by atoms with Gasteiger partial charge in [0, 0.05) is 43.1 Å². The van der Waals surface area contributed by atoms with Gasteiger partial charge in [0.25, 0.3) is 0 Å². The second-order valence-electron chi connectivity index (χ2n) is 5.32. The van der Waals surface area contributed by atoms with Gasteiger partial charge < -0.3 is 15.4 Å². The molecule has 1 aliphatic heterocycles. The zero-order valence-electron chi connectivity index (χ0n) is 12.0. The van der Waals surface area contributed by atoms with Gasteiger partial charge in [-0.2, -0.15) is 0 Å². The number of rotatable bonds is 3. The molecular weight excluding hydrogens is 332 g/mol. The van der Waals surface area contributed by atoms with Crippen molar-refractivity contribution in [3.8, 4) is 0 Å². The fourth-order valence-electron chi connectivity index (χ4n) is 2.99. The van der Waals surface area contributed by atoms with Crippen molar-refractivity contribution in [2.24, 2.45) is 5.73 Å². The zero-order valence-corrected chi connectivity index (χ0v) is 13.6. The summed E-state index contributed by atoms with van der Waals surface area (Å²) in [7, 11) is 1.77. The number of nitrogens with two attached hydrogens (primary N) is 1. The first-order valence-electron chi connectivity index (χ1n) is 7.12. The first kappa shape index (κ1) is 14.7. The summed E-state index contributed by atoms with van der Waals surface area (Å²) in [5.41, 5.74) is 8.91. The van der Waals surface area contributed by atoms with Crippen LogP contribution >= 0.6 is 15.9 Å². The molecule has 21 heavy (non-hydrogen) atoms. The predicted octanol–water partition coefficient (Wildman–Crippen LogP) is 2.33. The lowest BCUT2D eigenvalue weighted by molar-refractivity contribution is 0.0710. The molecule has 1 fully saturated rings. The van der Waals surface area contributed by atoms with E-state index in [2.05, 4.69) is 30.8 Å². The number of nitrogens with zero attached hydrogens (tertiary/aromatic N) is 3. The quantitative estimate of drug-likeness (QED) is 0.920. The van der Waals surface area contributed by atoms with Crippen molar-refractivity contribution in [3.63, 3.8) is 0 Å². The van der Waals surface area contributed by atoms with Crippen LogP contribution in [0.4, 0.5) is 5.69 Å². The van der Waals surface area contributed by atoms with Gasteiger partial charge in [-0.15, -0.1) is 0 Å². The Bertz CT molecular complexity index is 636. The van der Waals surface area contributed by atoms with E-state index in [9.17, 15) is 0 Å². The number of aromatic nitrogens is 2. The van der Waals surface area contributed by atoms with Crippen LogP contribution in [0.1, 0.15) is 12.8 Å². The number of ether oxygens (including phenoxy) is 1. The number of hydrogen-bond acceptors (Lipinski definition) is 5. The van der Waals surface area contributed by atoms with Crippen LogP contribution in [0.25, 0.3) is 11.0 Å². The van der Waals surface area contributed by atoms with Crippen LogP contribution in [0.15, 0.2) is 29.0 Å². The lowest BCUT2D eigenvalue weighted by Gasteiger charge is -2.40. The Morgan fingerprint density at radius 2 is 2.33 bits per heavy atom. The Kier molecular flexibility index (Phi) is 4.37. The first-order chi connectivity index (χ1) is 10.2. The lowest BCUT2D eigenvalue weighted by Crippen LogP contribution is -2.48. The summed E-state index contributed by atoms with van der Waals surface area (Å²) in [5, 5.41) is 0. The molecule has 3 heterocycles. The minimum atomic E-state index is 0.278. The van der Waals surface area contributed by atoms with Gasteiger partial charge in [-0.25, -0.2) is 0 Å². The number of halogens is 1. The van der Waals surface area contributed by atoms with Crippen LogP contribution in [-0.4, -0.2) is 42.3 Å².